The van der Waals surface area contributed by atoms with Crippen LogP contribution in [0.5, 0.6) is 0 Å². The molecule has 3 heterocycles. The zero-order valence-electron chi connectivity index (χ0n) is 12.1. The summed E-state index contributed by atoms with van der Waals surface area (Å²) in [6, 6.07) is 9.42. The number of benzene rings is 1. The van der Waals surface area contributed by atoms with Gasteiger partial charge in [-0.1, -0.05) is 12.1 Å². The number of pyridine rings is 1. The Morgan fingerprint density at radius 1 is 1.30 bits per heavy atom. The third-order valence-electron chi connectivity index (χ3n) is 3.85. The number of aromatic nitrogens is 1. The fourth-order valence-electron chi connectivity index (χ4n) is 2.66. The molecule has 1 aliphatic rings. The second-order valence-corrected chi connectivity index (χ2v) is 6.46. The van der Waals surface area contributed by atoms with Gasteiger partial charge in [0.15, 0.2) is 0 Å². The Hall–Kier alpha value is -2.73. The zero-order valence-corrected chi connectivity index (χ0v) is 12.9. The number of amides is 2. The van der Waals surface area contributed by atoms with E-state index in [9.17, 15) is 9.59 Å². The average molecular weight is 323 g/mol. The molecule has 5 nitrogen and oxygen atoms in total. The number of carbonyl (C=O) groups excluding carboxylic acids is 2. The van der Waals surface area contributed by atoms with Gasteiger partial charge in [-0.2, -0.15) is 0 Å². The first-order valence-corrected chi connectivity index (χ1v) is 8.04. The summed E-state index contributed by atoms with van der Waals surface area (Å²) in [5, 5.41) is 6.74. The molecule has 2 amide bonds. The monoisotopic (exact) mass is 323 g/mol. The van der Waals surface area contributed by atoms with Crippen molar-refractivity contribution in [3.63, 3.8) is 0 Å². The van der Waals surface area contributed by atoms with Crippen LogP contribution >= 0.6 is 11.3 Å². The van der Waals surface area contributed by atoms with E-state index in [1.807, 2.05) is 30.3 Å². The van der Waals surface area contributed by atoms with E-state index in [1.54, 1.807) is 12.4 Å². The highest BCUT2D eigenvalue weighted by Gasteiger charge is 2.18. The summed E-state index contributed by atoms with van der Waals surface area (Å²) in [7, 11) is 0. The Labute approximate surface area is 136 Å². The molecule has 3 aromatic rings. The predicted molar refractivity (Wildman–Crippen MR) is 88.4 cm³/mol. The second-order valence-electron chi connectivity index (χ2n) is 5.38. The van der Waals surface area contributed by atoms with Crippen LogP contribution < -0.4 is 10.6 Å². The highest BCUT2D eigenvalue weighted by atomic mass is 32.1. The fraction of sp³-hybridized carbons (Fsp3) is 0.118. The summed E-state index contributed by atoms with van der Waals surface area (Å²) in [6.45, 7) is 0.992. The van der Waals surface area contributed by atoms with Crippen molar-refractivity contribution in [3.8, 4) is 0 Å². The third-order valence-corrected chi connectivity index (χ3v) is 4.94. The van der Waals surface area contributed by atoms with Gasteiger partial charge in [0, 0.05) is 31.0 Å². The lowest BCUT2D eigenvalue weighted by Crippen LogP contribution is -2.21. The van der Waals surface area contributed by atoms with Gasteiger partial charge >= 0.3 is 0 Å². The maximum absolute atomic E-state index is 12.3. The number of thiophene rings is 1. The Kier molecular flexibility index (Phi) is 3.31. The smallest absolute Gasteiger partial charge is 0.261 e. The first kappa shape index (κ1) is 13.9. The third kappa shape index (κ3) is 2.57. The van der Waals surface area contributed by atoms with Crippen LogP contribution in [0.4, 0.5) is 0 Å². The van der Waals surface area contributed by atoms with Crippen LogP contribution in [0.3, 0.4) is 0 Å². The second kappa shape index (κ2) is 5.48. The summed E-state index contributed by atoms with van der Waals surface area (Å²) < 4.78 is 1.000. The molecular formula is C17H13N3O2S. The van der Waals surface area contributed by atoms with Crippen LogP contribution in [0.25, 0.3) is 10.1 Å². The number of fused-ring (bicyclic) bond motifs is 2. The minimum atomic E-state index is -0.0964. The van der Waals surface area contributed by atoms with Crippen molar-refractivity contribution in [2.45, 2.75) is 13.1 Å². The molecule has 23 heavy (non-hydrogen) atoms. The van der Waals surface area contributed by atoms with Gasteiger partial charge in [0.2, 0.25) is 0 Å². The molecule has 2 N–H and O–H groups in total. The summed E-state index contributed by atoms with van der Waals surface area (Å²) in [5.74, 6) is -0.129. The van der Waals surface area contributed by atoms with Gasteiger partial charge in [-0.3, -0.25) is 14.6 Å². The Morgan fingerprint density at radius 3 is 3.09 bits per heavy atom. The molecule has 0 spiro atoms. The number of rotatable bonds is 3. The lowest BCUT2D eigenvalue weighted by Gasteiger charge is -2.05. The van der Waals surface area contributed by atoms with Gasteiger partial charge in [0.25, 0.3) is 11.8 Å². The number of nitrogens with zero attached hydrogens (tertiary/aromatic N) is 1. The highest BCUT2D eigenvalue weighted by Crippen LogP contribution is 2.24. The number of nitrogens with one attached hydrogen (secondary N) is 2. The molecule has 0 fully saturated rings. The molecule has 4 rings (SSSR count). The van der Waals surface area contributed by atoms with Crippen molar-refractivity contribution in [1.29, 1.82) is 0 Å². The van der Waals surface area contributed by atoms with Crippen molar-refractivity contribution < 1.29 is 9.59 Å². The normalized spacial score (nSPS) is 13.0. The van der Waals surface area contributed by atoms with E-state index in [0.29, 0.717) is 18.0 Å². The first-order valence-electron chi connectivity index (χ1n) is 7.22. The lowest BCUT2D eigenvalue weighted by atomic mass is 10.1. The van der Waals surface area contributed by atoms with Crippen molar-refractivity contribution >= 4 is 33.2 Å². The maximum Gasteiger partial charge on any atom is 0.261 e. The highest BCUT2D eigenvalue weighted by molar-refractivity contribution is 7.20. The molecule has 0 atom stereocenters. The molecule has 2 aromatic heterocycles. The van der Waals surface area contributed by atoms with Gasteiger partial charge in [-0.25, -0.2) is 0 Å². The van der Waals surface area contributed by atoms with Gasteiger partial charge in [-0.15, -0.1) is 11.3 Å². The molecule has 1 aromatic carbocycles. The molecule has 0 radical (unpaired) electrons. The Bertz CT molecular complexity index is 899. The van der Waals surface area contributed by atoms with Crippen molar-refractivity contribution in [2.24, 2.45) is 0 Å². The van der Waals surface area contributed by atoms with Crippen molar-refractivity contribution in [2.75, 3.05) is 0 Å². The summed E-state index contributed by atoms with van der Waals surface area (Å²) in [5.41, 5.74) is 2.68. The average Bonchev–Trinajstić information content (AvgIpc) is 3.16. The Balaban J connectivity index is 1.48. The minimum absolute atomic E-state index is 0.0329. The SMILES string of the molecule is O=C(NCc1ccc2c(c1)CNC2=O)c1cc2ccncc2s1. The van der Waals surface area contributed by atoms with E-state index in [1.165, 1.54) is 11.3 Å². The van der Waals surface area contributed by atoms with Gasteiger partial charge in [0.05, 0.1) is 9.58 Å². The lowest BCUT2D eigenvalue weighted by molar-refractivity contribution is 0.0950. The Morgan fingerprint density at radius 2 is 2.22 bits per heavy atom. The number of hydrogen-bond donors (Lipinski definition) is 2. The van der Waals surface area contributed by atoms with E-state index < -0.39 is 0 Å². The van der Waals surface area contributed by atoms with Gasteiger partial charge in [-0.05, 0) is 34.7 Å². The van der Waals surface area contributed by atoms with Crippen molar-refractivity contribution in [1.82, 2.24) is 15.6 Å². The molecular weight excluding hydrogens is 310 g/mol. The molecule has 0 unspecified atom stereocenters. The fourth-order valence-corrected chi connectivity index (χ4v) is 3.61. The molecule has 114 valence electrons. The van der Waals surface area contributed by atoms with Crippen molar-refractivity contribution in [3.05, 3.63) is 64.3 Å². The molecule has 6 heteroatoms. The summed E-state index contributed by atoms with van der Waals surface area (Å²) in [4.78, 5) is 28.6. The number of hydrogen-bond acceptors (Lipinski definition) is 4. The predicted octanol–water partition coefficient (Wildman–Crippen LogP) is 2.47. The molecule has 0 bridgehead atoms. The van der Waals surface area contributed by atoms with Crippen LogP contribution in [0.1, 0.15) is 31.2 Å². The van der Waals surface area contributed by atoms with Crippen LogP contribution in [0.15, 0.2) is 42.7 Å². The van der Waals surface area contributed by atoms with Gasteiger partial charge < -0.3 is 10.6 Å². The molecule has 0 saturated heterocycles. The van der Waals surface area contributed by atoms with Crippen LogP contribution in [-0.4, -0.2) is 16.8 Å². The quantitative estimate of drug-likeness (QED) is 0.778. The van der Waals surface area contributed by atoms with E-state index in [2.05, 4.69) is 15.6 Å². The van der Waals surface area contributed by atoms with Crippen LogP contribution in [0.2, 0.25) is 0 Å². The van der Waals surface area contributed by atoms with E-state index >= 15 is 0 Å². The van der Waals surface area contributed by atoms with E-state index in [4.69, 9.17) is 0 Å². The van der Waals surface area contributed by atoms with Gasteiger partial charge in [0.1, 0.15) is 0 Å². The van der Waals surface area contributed by atoms with E-state index in [0.717, 1.165) is 26.8 Å². The summed E-state index contributed by atoms with van der Waals surface area (Å²) >= 11 is 1.43. The van der Waals surface area contributed by atoms with E-state index in [-0.39, 0.29) is 11.8 Å². The van der Waals surface area contributed by atoms with Crippen LogP contribution in [0, 0.1) is 0 Å². The minimum Gasteiger partial charge on any atom is -0.348 e. The first-order chi connectivity index (χ1) is 11.2. The molecule has 0 aliphatic carbocycles. The zero-order chi connectivity index (χ0) is 15.8. The standard InChI is InChI=1S/C17H13N3O2S/c21-16-13-2-1-10(5-12(13)8-20-16)7-19-17(22)14-6-11-3-4-18-9-15(11)23-14/h1-6,9H,7-8H2,(H,19,22)(H,20,21). The largest absolute Gasteiger partial charge is 0.348 e. The van der Waals surface area contributed by atoms with Crippen LogP contribution in [-0.2, 0) is 13.1 Å². The topological polar surface area (TPSA) is 71.1 Å². The maximum atomic E-state index is 12.3. The summed E-state index contributed by atoms with van der Waals surface area (Å²) in [6.07, 6.45) is 3.48. The number of carbonyl (C=O) groups is 2. The molecule has 0 saturated carbocycles. The molecule has 1 aliphatic heterocycles.